The van der Waals surface area contributed by atoms with Gasteiger partial charge in [-0.3, -0.25) is 9.10 Å². The molecular weight excluding hydrogens is 424 g/mol. The van der Waals surface area contributed by atoms with Gasteiger partial charge in [0.1, 0.15) is 12.3 Å². The molecule has 0 atom stereocenters. The lowest BCUT2D eigenvalue weighted by atomic mass is 10.1. The summed E-state index contributed by atoms with van der Waals surface area (Å²) < 4.78 is 32.1. The smallest absolute Gasteiger partial charge is 0.243 e. The van der Waals surface area contributed by atoms with Gasteiger partial charge in [-0.05, 0) is 30.2 Å². The van der Waals surface area contributed by atoms with E-state index in [0.717, 1.165) is 21.7 Å². The van der Waals surface area contributed by atoms with E-state index in [2.05, 4.69) is 0 Å². The SMILES string of the molecule is CCOc1ccccc1N(CC(=O)N(Cc1ccccc1)Cc1ccccc1)S(C)(=O)=O. The second kappa shape index (κ2) is 10.8. The van der Waals surface area contributed by atoms with Crippen LogP contribution in [0.15, 0.2) is 84.9 Å². The van der Waals surface area contributed by atoms with Crippen molar-refractivity contribution in [1.82, 2.24) is 4.90 Å². The summed E-state index contributed by atoms with van der Waals surface area (Å²) in [6.07, 6.45) is 1.10. The monoisotopic (exact) mass is 452 g/mol. The molecule has 32 heavy (non-hydrogen) atoms. The van der Waals surface area contributed by atoms with Gasteiger partial charge in [0.05, 0.1) is 18.6 Å². The Hall–Kier alpha value is -3.32. The minimum Gasteiger partial charge on any atom is -0.492 e. The Kier molecular flexibility index (Phi) is 7.89. The van der Waals surface area contributed by atoms with E-state index >= 15 is 0 Å². The summed E-state index contributed by atoms with van der Waals surface area (Å²) in [4.78, 5) is 15.1. The highest BCUT2D eigenvalue weighted by atomic mass is 32.2. The molecule has 1 amide bonds. The van der Waals surface area contributed by atoms with Gasteiger partial charge in [0.2, 0.25) is 15.9 Å². The minimum absolute atomic E-state index is 0.297. The Labute approximate surface area is 190 Å². The van der Waals surface area contributed by atoms with Crippen molar-refractivity contribution in [3.05, 3.63) is 96.1 Å². The number of carbonyl (C=O) groups excluding carboxylic acids is 1. The van der Waals surface area contributed by atoms with Crippen LogP contribution in [0.4, 0.5) is 5.69 Å². The number of benzene rings is 3. The number of carbonyl (C=O) groups is 1. The molecule has 0 radical (unpaired) electrons. The summed E-state index contributed by atoms with van der Waals surface area (Å²) in [6.45, 7) is 2.64. The number of para-hydroxylation sites is 2. The Balaban J connectivity index is 1.91. The second-order valence-electron chi connectivity index (χ2n) is 7.39. The normalized spacial score (nSPS) is 11.1. The highest BCUT2D eigenvalue weighted by Gasteiger charge is 2.26. The number of ether oxygens (including phenoxy) is 1. The standard InChI is InChI=1S/C25H28N2O4S/c1-3-31-24-17-11-10-16-23(24)27(32(2,29)30)20-25(28)26(18-21-12-6-4-7-13-21)19-22-14-8-5-9-15-22/h4-17H,3,18-20H2,1-2H3. The van der Waals surface area contributed by atoms with Gasteiger partial charge in [0, 0.05) is 13.1 Å². The Morgan fingerprint density at radius 2 is 1.31 bits per heavy atom. The molecule has 0 aliphatic heterocycles. The zero-order chi connectivity index (χ0) is 23.0. The van der Waals surface area contributed by atoms with Crippen molar-refractivity contribution < 1.29 is 17.9 Å². The lowest BCUT2D eigenvalue weighted by Gasteiger charge is -2.28. The first-order valence-corrected chi connectivity index (χ1v) is 12.3. The van der Waals surface area contributed by atoms with Crippen LogP contribution in [-0.4, -0.2) is 38.6 Å². The van der Waals surface area contributed by atoms with Gasteiger partial charge in [0.15, 0.2) is 0 Å². The maximum absolute atomic E-state index is 13.4. The number of nitrogens with zero attached hydrogens (tertiary/aromatic N) is 2. The molecule has 0 aromatic heterocycles. The molecule has 0 saturated carbocycles. The lowest BCUT2D eigenvalue weighted by Crippen LogP contribution is -2.42. The van der Waals surface area contributed by atoms with E-state index in [9.17, 15) is 13.2 Å². The molecule has 0 saturated heterocycles. The van der Waals surface area contributed by atoms with Gasteiger partial charge >= 0.3 is 0 Å². The van der Waals surface area contributed by atoms with E-state index in [1.165, 1.54) is 0 Å². The second-order valence-corrected chi connectivity index (χ2v) is 9.30. The zero-order valence-corrected chi connectivity index (χ0v) is 19.2. The van der Waals surface area contributed by atoms with Crippen molar-refractivity contribution in [3.63, 3.8) is 0 Å². The highest BCUT2D eigenvalue weighted by Crippen LogP contribution is 2.30. The van der Waals surface area contributed by atoms with Gasteiger partial charge in [-0.2, -0.15) is 0 Å². The Morgan fingerprint density at radius 3 is 1.81 bits per heavy atom. The third-order valence-electron chi connectivity index (χ3n) is 4.90. The minimum atomic E-state index is -3.73. The van der Waals surface area contributed by atoms with Gasteiger partial charge in [-0.1, -0.05) is 72.8 Å². The van der Waals surface area contributed by atoms with Crippen molar-refractivity contribution >= 4 is 21.6 Å². The number of sulfonamides is 1. The van der Waals surface area contributed by atoms with Crippen LogP contribution in [0, 0.1) is 0 Å². The molecule has 0 aliphatic rings. The van der Waals surface area contributed by atoms with Crippen LogP contribution in [0.5, 0.6) is 5.75 Å². The first-order valence-electron chi connectivity index (χ1n) is 10.4. The molecule has 0 fully saturated rings. The molecule has 0 unspecified atom stereocenters. The van der Waals surface area contributed by atoms with E-state index in [1.807, 2.05) is 67.6 Å². The molecule has 168 valence electrons. The average Bonchev–Trinajstić information content (AvgIpc) is 2.78. The van der Waals surface area contributed by atoms with Crippen LogP contribution in [0.2, 0.25) is 0 Å². The summed E-state index contributed by atoms with van der Waals surface area (Å²) in [7, 11) is -3.73. The Morgan fingerprint density at radius 1 is 0.812 bits per heavy atom. The molecule has 0 heterocycles. The fourth-order valence-corrected chi connectivity index (χ4v) is 4.24. The van der Waals surface area contributed by atoms with E-state index in [4.69, 9.17) is 4.74 Å². The van der Waals surface area contributed by atoms with Crippen LogP contribution in [0.25, 0.3) is 0 Å². The quantitative estimate of drug-likeness (QED) is 0.465. The zero-order valence-electron chi connectivity index (χ0n) is 18.3. The average molecular weight is 453 g/mol. The predicted octanol–water partition coefficient (Wildman–Crippen LogP) is 4.08. The van der Waals surface area contributed by atoms with Crippen LogP contribution in [-0.2, 0) is 27.9 Å². The number of anilines is 1. The fourth-order valence-electron chi connectivity index (χ4n) is 3.38. The number of hydrogen-bond acceptors (Lipinski definition) is 4. The van der Waals surface area contributed by atoms with Crippen LogP contribution in [0.3, 0.4) is 0 Å². The summed E-state index contributed by atoms with van der Waals surface area (Å²) >= 11 is 0. The van der Waals surface area contributed by atoms with E-state index in [1.54, 1.807) is 29.2 Å². The third-order valence-corrected chi connectivity index (χ3v) is 6.02. The van der Waals surface area contributed by atoms with Gasteiger partial charge < -0.3 is 9.64 Å². The predicted molar refractivity (Wildman–Crippen MR) is 127 cm³/mol. The van der Waals surface area contributed by atoms with Crippen LogP contribution >= 0.6 is 0 Å². The molecule has 6 nitrogen and oxygen atoms in total. The first-order chi connectivity index (χ1) is 15.4. The Bertz CT molecular complexity index is 1080. The molecule has 0 bridgehead atoms. The fraction of sp³-hybridized carbons (Fsp3) is 0.240. The summed E-state index contributed by atoms with van der Waals surface area (Å²) in [5.74, 6) is 0.125. The van der Waals surface area contributed by atoms with Gasteiger partial charge in [-0.15, -0.1) is 0 Å². The number of rotatable bonds is 10. The first kappa shape index (κ1) is 23.3. The number of hydrogen-bond donors (Lipinski definition) is 0. The van der Waals surface area contributed by atoms with Gasteiger partial charge in [-0.25, -0.2) is 8.42 Å². The highest BCUT2D eigenvalue weighted by molar-refractivity contribution is 7.92. The largest absolute Gasteiger partial charge is 0.492 e. The molecule has 3 aromatic rings. The molecule has 3 rings (SSSR count). The van der Waals surface area contributed by atoms with Crippen molar-refractivity contribution in [2.24, 2.45) is 0 Å². The summed E-state index contributed by atoms with van der Waals surface area (Å²) in [5, 5.41) is 0. The maximum atomic E-state index is 13.4. The number of amides is 1. The third kappa shape index (κ3) is 6.34. The molecule has 7 heteroatoms. The van der Waals surface area contributed by atoms with Gasteiger partial charge in [0.25, 0.3) is 0 Å². The van der Waals surface area contributed by atoms with E-state index < -0.39 is 10.0 Å². The summed E-state index contributed by atoms with van der Waals surface area (Å²) in [6, 6.07) is 26.2. The van der Waals surface area contributed by atoms with Crippen molar-refractivity contribution in [2.45, 2.75) is 20.0 Å². The molecule has 3 aromatic carbocycles. The lowest BCUT2D eigenvalue weighted by molar-refractivity contribution is -0.130. The van der Waals surface area contributed by atoms with E-state index in [-0.39, 0.29) is 12.5 Å². The molecule has 0 aliphatic carbocycles. The topological polar surface area (TPSA) is 66.9 Å². The van der Waals surface area contributed by atoms with Crippen LogP contribution in [0.1, 0.15) is 18.1 Å². The van der Waals surface area contributed by atoms with Crippen molar-refractivity contribution in [3.8, 4) is 5.75 Å². The van der Waals surface area contributed by atoms with Crippen molar-refractivity contribution in [2.75, 3.05) is 23.7 Å². The maximum Gasteiger partial charge on any atom is 0.243 e. The van der Waals surface area contributed by atoms with E-state index in [0.29, 0.717) is 31.1 Å². The van der Waals surface area contributed by atoms with Crippen LogP contribution < -0.4 is 9.04 Å². The molecule has 0 spiro atoms. The molecular formula is C25H28N2O4S. The molecule has 0 N–H and O–H groups in total. The summed E-state index contributed by atoms with van der Waals surface area (Å²) in [5.41, 5.74) is 2.29. The van der Waals surface area contributed by atoms with Crippen molar-refractivity contribution in [1.29, 1.82) is 0 Å².